The van der Waals surface area contributed by atoms with Crippen LogP contribution < -0.4 is 5.73 Å². The van der Waals surface area contributed by atoms with Gasteiger partial charge in [-0.1, -0.05) is 36.4 Å². The first kappa shape index (κ1) is 13.0. The summed E-state index contributed by atoms with van der Waals surface area (Å²) in [5, 5.41) is 0. The molecule has 94 valence electrons. The lowest BCUT2D eigenvalue weighted by molar-refractivity contribution is -0.413. The summed E-state index contributed by atoms with van der Waals surface area (Å²) in [5.74, 6) is 0. The van der Waals surface area contributed by atoms with Crippen molar-refractivity contribution in [2.75, 3.05) is 0 Å². The van der Waals surface area contributed by atoms with Crippen LogP contribution >= 0.6 is 0 Å². The van der Waals surface area contributed by atoms with E-state index in [-0.39, 0.29) is 0 Å². The normalized spacial score (nSPS) is 14.1. The monoisotopic (exact) mass is 260 g/mol. The second-order valence-electron chi connectivity index (χ2n) is 4.50. The Bertz CT molecular complexity index is 537. The largest absolute Gasteiger partial charge is 0.355 e. The maximum absolute atomic E-state index is 12.5. The van der Waals surface area contributed by atoms with Gasteiger partial charge in [0.2, 0.25) is 0 Å². The average molecular weight is 260 g/mol. The Kier molecular flexibility index (Phi) is 4.28. The zero-order valence-electron chi connectivity index (χ0n) is 10.5. The van der Waals surface area contributed by atoms with E-state index in [4.69, 9.17) is 0 Å². The van der Waals surface area contributed by atoms with E-state index in [2.05, 4.69) is 12.7 Å². The second-order valence-corrected chi connectivity index (χ2v) is 5.95. The van der Waals surface area contributed by atoms with Crippen LogP contribution in [0.15, 0.2) is 64.4 Å². The van der Waals surface area contributed by atoms with Crippen LogP contribution in [-0.4, -0.2) is 10.3 Å². The van der Waals surface area contributed by atoms with E-state index >= 15 is 0 Å². The molecule has 2 aromatic rings. The number of quaternary nitrogens is 1. The van der Waals surface area contributed by atoms with Gasteiger partial charge in [0, 0.05) is 16.2 Å². The number of benzene rings is 2. The molecular weight excluding hydrogens is 242 g/mol. The van der Waals surface area contributed by atoms with Gasteiger partial charge in [0.15, 0.2) is 0 Å². The topological polar surface area (TPSA) is 44.7 Å². The van der Waals surface area contributed by atoms with E-state index in [9.17, 15) is 4.21 Å². The molecule has 0 aliphatic carbocycles. The maximum atomic E-state index is 12.5. The predicted molar refractivity (Wildman–Crippen MR) is 73.6 cm³/mol. The molecule has 0 unspecified atom stereocenters. The van der Waals surface area contributed by atoms with Crippen LogP contribution in [0.2, 0.25) is 0 Å². The van der Waals surface area contributed by atoms with Crippen molar-refractivity contribution < 1.29 is 9.94 Å². The molecule has 3 heteroatoms. The minimum Gasteiger partial charge on any atom is -0.355 e. The zero-order chi connectivity index (χ0) is 13.0. The molecule has 0 radical (unpaired) electrons. The molecule has 0 saturated heterocycles. The van der Waals surface area contributed by atoms with Gasteiger partial charge < -0.3 is 5.73 Å². The summed E-state index contributed by atoms with van der Waals surface area (Å²) in [4.78, 5) is 1.75. The van der Waals surface area contributed by atoms with Crippen molar-refractivity contribution in [3.8, 4) is 0 Å². The first-order chi connectivity index (χ1) is 8.68. The third-order valence-electron chi connectivity index (χ3n) is 2.70. The maximum Gasteiger partial charge on any atom is 0.0856 e. The zero-order valence-corrected chi connectivity index (χ0v) is 11.3. The molecule has 3 N–H and O–H groups in total. The van der Waals surface area contributed by atoms with Crippen LogP contribution in [0.25, 0.3) is 0 Å². The van der Waals surface area contributed by atoms with E-state index in [0.29, 0.717) is 6.04 Å². The van der Waals surface area contributed by atoms with Gasteiger partial charge in [-0.05, 0) is 30.7 Å². The van der Waals surface area contributed by atoms with Gasteiger partial charge in [-0.2, -0.15) is 0 Å². The van der Waals surface area contributed by atoms with Gasteiger partial charge in [-0.3, -0.25) is 0 Å². The van der Waals surface area contributed by atoms with E-state index in [1.165, 1.54) is 0 Å². The van der Waals surface area contributed by atoms with E-state index in [1.54, 1.807) is 0 Å². The lowest BCUT2D eigenvalue weighted by Crippen LogP contribution is -2.60. The number of hydrogen-bond acceptors (Lipinski definition) is 1. The summed E-state index contributed by atoms with van der Waals surface area (Å²) in [5.41, 5.74) is 5.14. The van der Waals surface area contributed by atoms with Crippen LogP contribution in [-0.2, 0) is 17.2 Å². The summed E-state index contributed by atoms with van der Waals surface area (Å²) in [6.07, 6.45) is 0.856. The fourth-order valence-electron chi connectivity index (χ4n) is 1.90. The Hall–Kier alpha value is -1.45. The van der Waals surface area contributed by atoms with Gasteiger partial charge in [-0.25, -0.2) is 4.21 Å². The highest BCUT2D eigenvalue weighted by atomic mass is 32.2. The quantitative estimate of drug-likeness (QED) is 0.898. The van der Waals surface area contributed by atoms with Crippen molar-refractivity contribution in [2.45, 2.75) is 29.2 Å². The molecule has 2 atom stereocenters. The molecular formula is C15H18NOS+. The van der Waals surface area contributed by atoms with Crippen LogP contribution in [0.1, 0.15) is 12.5 Å². The summed E-state index contributed by atoms with van der Waals surface area (Å²) >= 11 is 0. The predicted octanol–water partition coefficient (Wildman–Crippen LogP) is 2.03. The van der Waals surface area contributed by atoms with Crippen molar-refractivity contribution in [3.05, 3.63) is 60.2 Å². The number of rotatable bonds is 4. The Labute approximate surface area is 110 Å². The molecule has 0 aliphatic rings. The highest BCUT2D eigenvalue weighted by Crippen LogP contribution is 2.20. The Morgan fingerprint density at radius 2 is 1.67 bits per heavy atom. The highest BCUT2D eigenvalue weighted by Gasteiger charge is 2.13. The molecule has 2 aromatic carbocycles. The standard InChI is InChI=1S/C15H17NOS/c1-12(16)11-13-7-5-6-10-15(13)18(17)14-8-3-2-4-9-14/h2-10,12H,11,16H2,1H3/p+1/t12-,18-/m0/s1. The van der Waals surface area contributed by atoms with Gasteiger partial charge in [0.1, 0.15) is 0 Å². The molecule has 18 heavy (non-hydrogen) atoms. The fourth-order valence-corrected chi connectivity index (χ4v) is 3.15. The molecule has 0 bridgehead atoms. The third kappa shape index (κ3) is 3.06. The summed E-state index contributed by atoms with van der Waals surface area (Å²) in [6, 6.07) is 17.8. The first-order valence-corrected chi connectivity index (χ1v) is 7.21. The second kappa shape index (κ2) is 5.94. The average Bonchev–Trinajstić information content (AvgIpc) is 2.39. The molecule has 0 saturated carbocycles. The van der Waals surface area contributed by atoms with Gasteiger partial charge in [-0.15, -0.1) is 0 Å². The smallest absolute Gasteiger partial charge is 0.0856 e. The van der Waals surface area contributed by atoms with Crippen LogP contribution in [0.5, 0.6) is 0 Å². The Balaban J connectivity index is 2.36. The van der Waals surface area contributed by atoms with Crippen molar-refractivity contribution in [1.29, 1.82) is 0 Å². The molecule has 0 spiro atoms. The molecule has 0 amide bonds. The van der Waals surface area contributed by atoms with Gasteiger partial charge >= 0.3 is 0 Å². The van der Waals surface area contributed by atoms with Gasteiger partial charge in [0.05, 0.1) is 16.8 Å². The van der Waals surface area contributed by atoms with Crippen molar-refractivity contribution in [2.24, 2.45) is 0 Å². The molecule has 0 fully saturated rings. The fraction of sp³-hybridized carbons (Fsp3) is 0.200. The minimum absolute atomic E-state index is 0.318. The van der Waals surface area contributed by atoms with Crippen molar-refractivity contribution in [3.63, 3.8) is 0 Å². The van der Waals surface area contributed by atoms with Crippen LogP contribution in [0, 0.1) is 0 Å². The SMILES string of the molecule is C[C@H]([NH3+])Cc1ccccc1[S@@](=O)c1ccccc1. The summed E-state index contributed by atoms with van der Waals surface area (Å²) in [7, 11) is -1.10. The molecule has 0 aromatic heterocycles. The van der Waals surface area contributed by atoms with Gasteiger partial charge in [0.25, 0.3) is 0 Å². The third-order valence-corrected chi connectivity index (χ3v) is 4.20. The van der Waals surface area contributed by atoms with E-state index in [0.717, 1.165) is 21.8 Å². The molecule has 2 rings (SSSR count). The molecule has 0 aliphatic heterocycles. The van der Waals surface area contributed by atoms with Crippen molar-refractivity contribution in [1.82, 2.24) is 0 Å². The lowest BCUT2D eigenvalue weighted by Gasteiger charge is -2.09. The van der Waals surface area contributed by atoms with Crippen molar-refractivity contribution >= 4 is 10.8 Å². The summed E-state index contributed by atoms with van der Waals surface area (Å²) in [6.45, 7) is 2.07. The summed E-state index contributed by atoms with van der Waals surface area (Å²) < 4.78 is 12.5. The Morgan fingerprint density at radius 1 is 1.06 bits per heavy atom. The molecule has 0 heterocycles. The Morgan fingerprint density at radius 3 is 2.33 bits per heavy atom. The minimum atomic E-state index is -1.10. The van der Waals surface area contributed by atoms with Crippen LogP contribution in [0.4, 0.5) is 0 Å². The highest BCUT2D eigenvalue weighted by molar-refractivity contribution is 7.85. The van der Waals surface area contributed by atoms with Crippen LogP contribution in [0.3, 0.4) is 0 Å². The van der Waals surface area contributed by atoms with E-state index in [1.807, 2.05) is 54.6 Å². The lowest BCUT2D eigenvalue weighted by atomic mass is 10.1. The number of hydrogen-bond donors (Lipinski definition) is 1. The first-order valence-electron chi connectivity index (χ1n) is 6.06. The molecule has 2 nitrogen and oxygen atoms in total. The van der Waals surface area contributed by atoms with E-state index < -0.39 is 10.8 Å².